The summed E-state index contributed by atoms with van der Waals surface area (Å²) in [5.41, 5.74) is 0. The van der Waals surface area contributed by atoms with Crippen LogP contribution in [0.25, 0.3) is 0 Å². The normalized spacial score (nSPS) is 32.8. The zero-order chi connectivity index (χ0) is 18.8. The van der Waals surface area contributed by atoms with Crippen molar-refractivity contribution in [3.63, 3.8) is 0 Å². The number of rotatable bonds is 6. The highest BCUT2D eigenvalue weighted by Gasteiger charge is 2.43. The molecule has 0 aromatic carbocycles. The van der Waals surface area contributed by atoms with Crippen LogP contribution in [0.3, 0.4) is 0 Å². The highest BCUT2D eigenvalue weighted by atomic mass is 16.5. The van der Waals surface area contributed by atoms with Crippen molar-refractivity contribution in [1.82, 2.24) is 10.2 Å². The Morgan fingerprint density at radius 2 is 1.89 bits per heavy atom. The number of hydrogen-bond acceptors (Lipinski definition) is 4. The topological polar surface area (TPSA) is 67.9 Å². The van der Waals surface area contributed by atoms with Crippen LogP contribution in [0.1, 0.15) is 51.9 Å². The molecule has 2 amide bonds. The lowest BCUT2D eigenvalue weighted by Crippen LogP contribution is -2.46. The van der Waals surface area contributed by atoms with Gasteiger partial charge in [-0.1, -0.05) is 0 Å². The third kappa shape index (κ3) is 4.83. The standard InChI is InChI=1S/C21H34N2O4/c1-14(16-2-3-16)22-20(24)11-19-18-12-23(7-4-17(18)13-27-19)21(25)10-15-5-8-26-9-6-15/h14-19H,2-13H2,1H3,(H,22,24)/t14?,17-,18-,19?/m0/s1. The van der Waals surface area contributed by atoms with Gasteiger partial charge in [0.1, 0.15) is 0 Å². The van der Waals surface area contributed by atoms with Crippen molar-refractivity contribution in [2.45, 2.75) is 64.0 Å². The largest absolute Gasteiger partial charge is 0.381 e. The number of carbonyl (C=O) groups is 2. The van der Waals surface area contributed by atoms with Crippen LogP contribution in [0.5, 0.6) is 0 Å². The molecule has 1 saturated carbocycles. The molecule has 4 fully saturated rings. The third-order valence-corrected chi connectivity index (χ3v) is 7.07. The van der Waals surface area contributed by atoms with Gasteiger partial charge in [-0.05, 0) is 56.8 Å². The van der Waals surface area contributed by atoms with E-state index in [1.807, 2.05) is 4.90 Å². The molecule has 152 valence electrons. The fourth-order valence-corrected chi connectivity index (χ4v) is 5.00. The van der Waals surface area contributed by atoms with E-state index < -0.39 is 0 Å². The maximum absolute atomic E-state index is 12.8. The van der Waals surface area contributed by atoms with E-state index in [1.54, 1.807) is 0 Å². The first-order valence-corrected chi connectivity index (χ1v) is 10.9. The molecule has 6 nitrogen and oxygen atoms in total. The third-order valence-electron chi connectivity index (χ3n) is 7.07. The van der Waals surface area contributed by atoms with Crippen LogP contribution in [0.2, 0.25) is 0 Å². The number of nitrogens with one attached hydrogen (secondary N) is 1. The minimum atomic E-state index is -0.0416. The maximum Gasteiger partial charge on any atom is 0.222 e. The molecule has 2 unspecified atom stereocenters. The maximum atomic E-state index is 12.8. The Labute approximate surface area is 162 Å². The van der Waals surface area contributed by atoms with Gasteiger partial charge in [0.05, 0.1) is 19.1 Å². The first-order valence-electron chi connectivity index (χ1n) is 10.9. The molecule has 3 heterocycles. The smallest absolute Gasteiger partial charge is 0.222 e. The van der Waals surface area contributed by atoms with Gasteiger partial charge in [0.2, 0.25) is 11.8 Å². The lowest BCUT2D eigenvalue weighted by molar-refractivity contribution is -0.135. The SMILES string of the molecule is CC(NC(=O)CC1OC[C@@H]2CCN(C(=O)CC3CCOCC3)C[C@H]12)C1CC1. The van der Waals surface area contributed by atoms with E-state index in [2.05, 4.69) is 12.2 Å². The van der Waals surface area contributed by atoms with Gasteiger partial charge in [-0.2, -0.15) is 0 Å². The van der Waals surface area contributed by atoms with E-state index in [1.165, 1.54) is 12.8 Å². The minimum absolute atomic E-state index is 0.0416. The van der Waals surface area contributed by atoms with Gasteiger partial charge in [0, 0.05) is 44.7 Å². The zero-order valence-corrected chi connectivity index (χ0v) is 16.5. The highest BCUT2D eigenvalue weighted by Crippen LogP contribution is 2.37. The van der Waals surface area contributed by atoms with E-state index in [-0.39, 0.29) is 24.0 Å². The first-order chi connectivity index (χ1) is 13.1. The molecule has 3 aliphatic heterocycles. The number of carbonyl (C=O) groups excluding carboxylic acids is 2. The van der Waals surface area contributed by atoms with Gasteiger partial charge in [0.15, 0.2) is 0 Å². The van der Waals surface area contributed by atoms with E-state index in [0.717, 1.165) is 52.2 Å². The lowest BCUT2D eigenvalue weighted by atomic mass is 9.83. The zero-order valence-electron chi connectivity index (χ0n) is 16.5. The van der Waals surface area contributed by atoms with Crippen LogP contribution in [-0.2, 0) is 19.1 Å². The molecule has 1 aliphatic carbocycles. The molecular weight excluding hydrogens is 344 g/mol. The quantitative estimate of drug-likeness (QED) is 0.767. The van der Waals surface area contributed by atoms with E-state index in [0.29, 0.717) is 36.5 Å². The van der Waals surface area contributed by atoms with Crippen molar-refractivity contribution in [1.29, 1.82) is 0 Å². The van der Waals surface area contributed by atoms with Gasteiger partial charge in [0.25, 0.3) is 0 Å². The second-order valence-corrected chi connectivity index (χ2v) is 9.08. The minimum Gasteiger partial charge on any atom is -0.381 e. The van der Waals surface area contributed by atoms with Crippen LogP contribution in [-0.4, -0.2) is 61.8 Å². The number of ether oxygens (including phenoxy) is 2. The Morgan fingerprint density at radius 1 is 1.11 bits per heavy atom. The monoisotopic (exact) mass is 378 g/mol. The van der Waals surface area contributed by atoms with Crippen LogP contribution < -0.4 is 5.32 Å². The van der Waals surface area contributed by atoms with E-state index >= 15 is 0 Å². The Bertz CT molecular complexity index is 544. The Morgan fingerprint density at radius 3 is 2.63 bits per heavy atom. The highest BCUT2D eigenvalue weighted by molar-refractivity contribution is 5.77. The second-order valence-electron chi connectivity index (χ2n) is 9.08. The van der Waals surface area contributed by atoms with Crippen LogP contribution in [0.15, 0.2) is 0 Å². The Kier molecular flexibility index (Phi) is 6.02. The van der Waals surface area contributed by atoms with Gasteiger partial charge in [-0.15, -0.1) is 0 Å². The fraction of sp³-hybridized carbons (Fsp3) is 0.905. The van der Waals surface area contributed by atoms with E-state index in [4.69, 9.17) is 9.47 Å². The summed E-state index contributed by atoms with van der Waals surface area (Å²) >= 11 is 0. The number of nitrogens with zero attached hydrogens (tertiary/aromatic N) is 1. The molecular formula is C21H34N2O4. The summed E-state index contributed by atoms with van der Waals surface area (Å²) in [6.07, 6.45) is 6.49. The van der Waals surface area contributed by atoms with E-state index in [9.17, 15) is 9.59 Å². The number of hydrogen-bond donors (Lipinski definition) is 1. The second kappa shape index (κ2) is 8.48. The molecule has 4 atom stereocenters. The lowest BCUT2D eigenvalue weighted by Gasteiger charge is -2.37. The van der Waals surface area contributed by atoms with Crippen LogP contribution >= 0.6 is 0 Å². The molecule has 0 aromatic heterocycles. The molecule has 27 heavy (non-hydrogen) atoms. The van der Waals surface area contributed by atoms with Crippen molar-refractivity contribution in [3.05, 3.63) is 0 Å². The van der Waals surface area contributed by atoms with Gasteiger partial charge in [-0.25, -0.2) is 0 Å². The number of piperidine rings is 1. The van der Waals surface area contributed by atoms with Crippen molar-refractivity contribution in [2.75, 3.05) is 32.9 Å². The summed E-state index contributed by atoms with van der Waals surface area (Å²) in [6.45, 7) is 6.00. The molecule has 0 radical (unpaired) electrons. The fourth-order valence-electron chi connectivity index (χ4n) is 5.00. The number of likely N-dealkylation sites (tertiary alicyclic amines) is 1. The predicted octanol–water partition coefficient (Wildman–Crippen LogP) is 1.97. The molecule has 0 bridgehead atoms. The van der Waals surface area contributed by atoms with Gasteiger partial charge >= 0.3 is 0 Å². The number of amides is 2. The first kappa shape index (κ1) is 19.2. The molecule has 4 rings (SSSR count). The summed E-state index contributed by atoms with van der Waals surface area (Å²) in [7, 11) is 0. The average molecular weight is 379 g/mol. The van der Waals surface area contributed by atoms with Crippen LogP contribution in [0.4, 0.5) is 0 Å². The Balaban J connectivity index is 1.27. The molecule has 1 N–H and O–H groups in total. The summed E-state index contributed by atoms with van der Waals surface area (Å²) in [4.78, 5) is 27.2. The Hall–Kier alpha value is -1.14. The van der Waals surface area contributed by atoms with Crippen molar-refractivity contribution in [3.8, 4) is 0 Å². The number of fused-ring (bicyclic) bond motifs is 1. The van der Waals surface area contributed by atoms with Crippen molar-refractivity contribution in [2.24, 2.45) is 23.7 Å². The predicted molar refractivity (Wildman–Crippen MR) is 101 cm³/mol. The summed E-state index contributed by atoms with van der Waals surface area (Å²) < 4.78 is 11.4. The summed E-state index contributed by atoms with van der Waals surface area (Å²) in [5, 5.41) is 3.14. The van der Waals surface area contributed by atoms with Crippen molar-refractivity contribution < 1.29 is 19.1 Å². The molecule has 0 spiro atoms. The molecule has 4 aliphatic rings. The van der Waals surface area contributed by atoms with Crippen molar-refractivity contribution >= 4 is 11.8 Å². The van der Waals surface area contributed by atoms with Gasteiger partial charge < -0.3 is 19.7 Å². The molecule has 3 saturated heterocycles. The molecule has 0 aromatic rings. The van der Waals surface area contributed by atoms with Gasteiger partial charge in [-0.3, -0.25) is 9.59 Å². The summed E-state index contributed by atoms with van der Waals surface area (Å²) in [6, 6.07) is 0.276. The summed E-state index contributed by atoms with van der Waals surface area (Å²) in [5.74, 6) is 2.31. The average Bonchev–Trinajstić information content (AvgIpc) is 3.45. The van der Waals surface area contributed by atoms with Crippen LogP contribution in [0, 0.1) is 23.7 Å². The molecule has 6 heteroatoms.